The third kappa shape index (κ3) is 4.49. The topological polar surface area (TPSA) is 75.7 Å². The lowest BCUT2D eigenvalue weighted by molar-refractivity contribution is 0.113. The molecule has 0 aliphatic carbocycles. The molecule has 0 aromatic heterocycles. The Balaban J connectivity index is 2.69. The van der Waals surface area contributed by atoms with Crippen LogP contribution in [0.15, 0.2) is 18.2 Å². The van der Waals surface area contributed by atoms with Crippen molar-refractivity contribution in [3.63, 3.8) is 0 Å². The molecule has 2 atom stereocenters. The van der Waals surface area contributed by atoms with Gasteiger partial charge in [0, 0.05) is 23.1 Å². The van der Waals surface area contributed by atoms with Crippen LogP contribution < -0.4 is 10.5 Å². The Kier molecular flexibility index (Phi) is 6.49. The fourth-order valence-corrected chi connectivity index (χ4v) is 2.49. The maximum absolute atomic E-state index is 9.28. The molecular weight excluding hydrogens is 250 g/mol. The zero-order valence-corrected chi connectivity index (χ0v) is 11.6. The summed E-state index contributed by atoms with van der Waals surface area (Å²) in [4.78, 5) is 0. The van der Waals surface area contributed by atoms with Crippen molar-refractivity contribution in [2.24, 2.45) is 5.73 Å². The number of benzene rings is 1. The summed E-state index contributed by atoms with van der Waals surface area (Å²) in [6.07, 6.45) is -0.669. The van der Waals surface area contributed by atoms with Gasteiger partial charge in [-0.2, -0.15) is 11.8 Å². The van der Waals surface area contributed by atoms with Crippen molar-refractivity contribution >= 4 is 11.8 Å². The molecule has 0 bridgehead atoms. The number of methoxy groups -OCH3 is 1. The Bertz CT molecular complexity index is 371. The van der Waals surface area contributed by atoms with Gasteiger partial charge in [0.25, 0.3) is 0 Å². The summed E-state index contributed by atoms with van der Waals surface area (Å²) >= 11 is 1.56. The summed E-state index contributed by atoms with van der Waals surface area (Å²) in [5.41, 5.74) is 7.97. The summed E-state index contributed by atoms with van der Waals surface area (Å²) in [5, 5.41) is 18.0. The predicted molar refractivity (Wildman–Crippen MR) is 74.9 cm³/mol. The van der Waals surface area contributed by atoms with Gasteiger partial charge in [-0.05, 0) is 24.6 Å². The van der Waals surface area contributed by atoms with E-state index in [2.05, 4.69) is 0 Å². The molecule has 2 unspecified atom stereocenters. The number of thioether (sulfide) groups is 1. The fourth-order valence-electron chi connectivity index (χ4n) is 1.55. The predicted octanol–water partition coefficient (Wildman–Crippen LogP) is 1.30. The molecule has 4 N–H and O–H groups in total. The second-order valence-corrected chi connectivity index (χ2v) is 5.24. The van der Waals surface area contributed by atoms with Gasteiger partial charge in [-0.25, -0.2) is 0 Å². The van der Waals surface area contributed by atoms with Gasteiger partial charge in [-0.3, -0.25) is 0 Å². The lowest BCUT2D eigenvalue weighted by atomic mass is 10.1. The molecule has 0 spiro atoms. The fraction of sp³-hybridized carbons (Fsp3) is 0.538. The van der Waals surface area contributed by atoms with Crippen molar-refractivity contribution in [3.05, 3.63) is 29.3 Å². The molecule has 102 valence electrons. The number of aliphatic hydroxyl groups is 2. The quantitative estimate of drug-likeness (QED) is 0.697. The molecule has 0 saturated heterocycles. The summed E-state index contributed by atoms with van der Waals surface area (Å²) in [6.45, 7) is 1.73. The Morgan fingerprint density at radius 1 is 1.44 bits per heavy atom. The molecule has 0 aliphatic heterocycles. The third-order valence-corrected chi connectivity index (χ3v) is 3.74. The molecule has 0 aliphatic rings. The smallest absolute Gasteiger partial charge is 0.122 e. The van der Waals surface area contributed by atoms with E-state index in [1.54, 1.807) is 18.9 Å². The minimum Gasteiger partial charge on any atom is -0.496 e. The lowest BCUT2D eigenvalue weighted by Crippen LogP contribution is -2.14. The average Bonchev–Trinajstić information content (AvgIpc) is 2.38. The van der Waals surface area contributed by atoms with E-state index >= 15 is 0 Å². The molecule has 0 amide bonds. The van der Waals surface area contributed by atoms with Gasteiger partial charge in [0.1, 0.15) is 5.75 Å². The van der Waals surface area contributed by atoms with Crippen LogP contribution in [0.3, 0.4) is 0 Å². The van der Waals surface area contributed by atoms with Crippen LogP contribution in [0, 0.1) is 0 Å². The highest BCUT2D eigenvalue weighted by molar-refractivity contribution is 7.98. The molecular formula is C13H21NO3S. The minimum absolute atomic E-state index is 0.0114. The Morgan fingerprint density at radius 2 is 2.17 bits per heavy atom. The molecule has 0 fully saturated rings. The summed E-state index contributed by atoms with van der Waals surface area (Å²) < 4.78 is 5.30. The van der Waals surface area contributed by atoms with E-state index < -0.39 is 6.10 Å². The molecule has 1 aromatic rings. The number of ether oxygens (including phenoxy) is 1. The zero-order valence-electron chi connectivity index (χ0n) is 10.8. The van der Waals surface area contributed by atoms with Crippen LogP contribution in [-0.2, 0) is 5.75 Å². The number of hydrogen-bond acceptors (Lipinski definition) is 5. The van der Waals surface area contributed by atoms with Crippen LogP contribution in [0.5, 0.6) is 5.75 Å². The Morgan fingerprint density at radius 3 is 2.72 bits per heavy atom. The lowest BCUT2D eigenvalue weighted by Gasteiger charge is -2.13. The van der Waals surface area contributed by atoms with Crippen LogP contribution >= 0.6 is 11.8 Å². The van der Waals surface area contributed by atoms with E-state index in [1.165, 1.54) is 0 Å². The second kappa shape index (κ2) is 7.63. The molecule has 1 aromatic carbocycles. The zero-order chi connectivity index (χ0) is 13.5. The van der Waals surface area contributed by atoms with Gasteiger partial charge < -0.3 is 20.7 Å². The number of aliphatic hydroxyl groups excluding tert-OH is 2. The van der Waals surface area contributed by atoms with E-state index in [-0.39, 0.29) is 12.6 Å². The first-order chi connectivity index (χ1) is 8.58. The van der Waals surface area contributed by atoms with Gasteiger partial charge >= 0.3 is 0 Å². The first kappa shape index (κ1) is 15.3. The van der Waals surface area contributed by atoms with Crippen molar-refractivity contribution in [2.75, 3.05) is 19.5 Å². The standard InChI is InChI=1S/C13H21NO3S/c1-9(14)10-3-4-13(17-2)11(5-10)7-18-8-12(16)6-15/h3-5,9,12,15-16H,6-8,14H2,1-2H3. The van der Waals surface area contributed by atoms with Gasteiger partial charge in [-0.1, -0.05) is 6.07 Å². The molecule has 5 heteroatoms. The monoisotopic (exact) mass is 271 g/mol. The van der Waals surface area contributed by atoms with Crippen LogP contribution in [0.25, 0.3) is 0 Å². The molecule has 4 nitrogen and oxygen atoms in total. The first-order valence-electron chi connectivity index (χ1n) is 5.87. The van der Waals surface area contributed by atoms with Gasteiger partial charge in [0.2, 0.25) is 0 Å². The van der Waals surface area contributed by atoms with Gasteiger partial charge in [0.05, 0.1) is 19.8 Å². The third-order valence-electron chi connectivity index (χ3n) is 2.61. The van der Waals surface area contributed by atoms with Crippen LogP contribution in [0.4, 0.5) is 0 Å². The maximum atomic E-state index is 9.28. The molecule has 18 heavy (non-hydrogen) atoms. The van der Waals surface area contributed by atoms with Crippen molar-refractivity contribution in [2.45, 2.75) is 24.8 Å². The van der Waals surface area contributed by atoms with Crippen molar-refractivity contribution in [3.8, 4) is 5.75 Å². The van der Waals surface area contributed by atoms with Crippen molar-refractivity contribution < 1.29 is 14.9 Å². The second-order valence-electron chi connectivity index (χ2n) is 4.21. The SMILES string of the molecule is COc1ccc(C(C)N)cc1CSCC(O)CO. The average molecular weight is 271 g/mol. The van der Waals surface area contributed by atoms with Crippen molar-refractivity contribution in [1.29, 1.82) is 0 Å². The minimum atomic E-state index is -0.669. The highest BCUT2D eigenvalue weighted by Crippen LogP contribution is 2.26. The Labute approximate surface area is 112 Å². The van der Waals surface area contributed by atoms with E-state index in [0.717, 1.165) is 22.6 Å². The highest BCUT2D eigenvalue weighted by atomic mass is 32.2. The first-order valence-corrected chi connectivity index (χ1v) is 7.03. The summed E-state index contributed by atoms with van der Waals surface area (Å²) in [5.74, 6) is 2.05. The Hall–Kier alpha value is -0.750. The maximum Gasteiger partial charge on any atom is 0.122 e. The van der Waals surface area contributed by atoms with E-state index in [4.69, 9.17) is 15.6 Å². The number of hydrogen-bond donors (Lipinski definition) is 3. The molecule has 0 saturated carbocycles. The van der Waals surface area contributed by atoms with E-state index in [0.29, 0.717) is 5.75 Å². The highest BCUT2D eigenvalue weighted by Gasteiger charge is 2.08. The van der Waals surface area contributed by atoms with Crippen molar-refractivity contribution in [1.82, 2.24) is 0 Å². The largest absolute Gasteiger partial charge is 0.496 e. The normalized spacial score (nSPS) is 14.3. The number of nitrogens with two attached hydrogens (primary N) is 1. The molecule has 0 heterocycles. The number of rotatable bonds is 7. The van der Waals surface area contributed by atoms with Crippen LogP contribution in [0.1, 0.15) is 24.1 Å². The van der Waals surface area contributed by atoms with E-state index in [1.807, 2.05) is 25.1 Å². The van der Waals surface area contributed by atoms with Gasteiger partial charge in [-0.15, -0.1) is 0 Å². The van der Waals surface area contributed by atoms with Crippen LogP contribution in [-0.4, -0.2) is 35.8 Å². The summed E-state index contributed by atoms with van der Waals surface area (Å²) in [6, 6.07) is 5.89. The molecule has 0 radical (unpaired) electrons. The molecule has 1 rings (SSSR count). The van der Waals surface area contributed by atoms with Crippen LogP contribution in [0.2, 0.25) is 0 Å². The summed E-state index contributed by atoms with van der Waals surface area (Å²) in [7, 11) is 1.64. The van der Waals surface area contributed by atoms with E-state index in [9.17, 15) is 5.11 Å². The van der Waals surface area contributed by atoms with Gasteiger partial charge in [0.15, 0.2) is 0 Å².